The number of ether oxygens (including phenoxy) is 1. The molecule has 1 atom stereocenters. The van der Waals surface area contributed by atoms with Crippen molar-refractivity contribution in [1.82, 2.24) is 29.6 Å². The fraction of sp³-hybridized carbons (Fsp3) is 0.455. The van der Waals surface area contributed by atoms with Crippen molar-refractivity contribution in [3.63, 3.8) is 0 Å². The molecule has 236 valence electrons. The molecule has 2 aromatic heterocycles. The van der Waals surface area contributed by atoms with Crippen molar-refractivity contribution in [2.24, 2.45) is 5.41 Å². The number of carboxylic acid groups (broad SMARTS) is 1. The lowest BCUT2D eigenvalue weighted by atomic mass is 9.69. The summed E-state index contributed by atoms with van der Waals surface area (Å²) in [4.78, 5) is 17.2. The molecule has 1 saturated carbocycles. The molecule has 0 amide bonds. The number of aromatic nitrogens is 4. The van der Waals surface area contributed by atoms with Crippen molar-refractivity contribution in [2.75, 3.05) is 19.6 Å². The van der Waals surface area contributed by atoms with E-state index in [2.05, 4.69) is 20.6 Å². The third kappa shape index (κ3) is 4.90. The quantitative estimate of drug-likeness (QED) is 0.307. The van der Waals surface area contributed by atoms with Crippen LogP contribution < -0.4 is 10.1 Å². The summed E-state index contributed by atoms with van der Waals surface area (Å²) < 4.78 is 38.0. The number of hydrogen-bond donors (Lipinski definition) is 2. The molecular formula is C33H38N6O5S. The van der Waals surface area contributed by atoms with Crippen molar-refractivity contribution in [3.8, 4) is 5.88 Å². The summed E-state index contributed by atoms with van der Waals surface area (Å²) in [5.41, 5.74) is 4.80. The zero-order valence-electron chi connectivity index (χ0n) is 26.2. The van der Waals surface area contributed by atoms with Gasteiger partial charge in [0, 0.05) is 31.7 Å². The Kier molecular flexibility index (Phi) is 6.84. The number of carboxylic acids is 1. The third-order valence-corrected chi connectivity index (χ3v) is 11.5. The molecule has 2 aliphatic heterocycles. The Morgan fingerprint density at radius 1 is 1.16 bits per heavy atom. The average Bonchev–Trinajstić information content (AvgIpc) is 3.73. The minimum atomic E-state index is -3.96. The van der Waals surface area contributed by atoms with Crippen LogP contribution in [-0.4, -0.2) is 69.0 Å². The Morgan fingerprint density at radius 3 is 2.58 bits per heavy atom. The number of aryl methyl sites for hydroxylation is 3. The van der Waals surface area contributed by atoms with E-state index in [1.165, 1.54) is 4.31 Å². The Bertz CT molecular complexity index is 1960. The topological polar surface area (TPSA) is 140 Å². The lowest BCUT2D eigenvalue weighted by molar-refractivity contribution is -0.147. The van der Waals surface area contributed by atoms with Crippen LogP contribution in [0, 0.1) is 26.2 Å². The molecule has 12 heteroatoms. The number of aliphatic carboxylic acids is 1. The highest BCUT2D eigenvalue weighted by Crippen LogP contribution is 2.45. The first-order valence-electron chi connectivity index (χ1n) is 15.3. The van der Waals surface area contributed by atoms with Gasteiger partial charge in [0.1, 0.15) is 16.0 Å². The molecular weight excluding hydrogens is 592 g/mol. The van der Waals surface area contributed by atoms with Gasteiger partial charge in [0.2, 0.25) is 15.9 Å². The normalized spacial score (nSPS) is 19.8. The molecule has 0 bridgehead atoms. The average molecular weight is 631 g/mol. The van der Waals surface area contributed by atoms with Gasteiger partial charge < -0.3 is 15.2 Å². The van der Waals surface area contributed by atoms with Gasteiger partial charge in [0.05, 0.1) is 23.5 Å². The molecule has 7 rings (SSSR count). The van der Waals surface area contributed by atoms with Gasteiger partial charge in [-0.05, 0) is 93.0 Å². The number of fused-ring (bicyclic) bond motifs is 2. The molecule has 1 unspecified atom stereocenters. The Hall–Kier alpha value is -3.87. The van der Waals surface area contributed by atoms with Crippen LogP contribution in [0.25, 0.3) is 11.0 Å². The van der Waals surface area contributed by atoms with E-state index >= 15 is 0 Å². The highest BCUT2D eigenvalue weighted by atomic mass is 32.2. The smallest absolute Gasteiger partial charge is 0.310 e. The first-order valence-corrected chi connectivity index (χ1v) is 16.8. The number of rotatable bonds is 7. The zero-order valence-corrected chi connectivity index (χ0v) is 27.0. The minimum absolute atomic E-state index is 0.0631. The van der Waals surface area contributed by atoms with Crippen molar-refractivity contribution in [2.45, 2.75) is 76.5 Å². The Morgan fingerprint density at radius 2 is 1.91 bits per heavy atom. The lowest BCUT2D eigenvalue weighted by Crippen LogP contribution is -2.67. The largest absolute Gasteiger partial charge is 0.481 e. The summed E-state index contributed by atoms with van der Waals surface area (Å²) in [5.74, 6) is -1.34. The predicted molar refractivity (Wildman–Crippen MR) is 168 cm³/mol. The van der Waals surface area contributed by atoms with Crippen LogP contribution in [0.2, 0.25) is 0 Å². The van der Waals surface area contributed by atoms with E-state index in [1.54, 1.807) is 26.1 Å². The van der Waals surface area contributed by atoms with E-state index in [1.807, 2.05) is 55.8 Å². The van der Waals surface area contributed by atoms with Crippen molar-refractivity contribution in [3.05, 3.63) is 76.0 Å². The van der Waals surface area contributed by atoms with E-state index < -0.39 is 32.9 Å². The number of hydrogen-bond acceptors (Lipinski definition) is 8. The summed E-state index contributed by atoms with van der Waals surface area (Å²) in [6.07, 6.45) is 3.78. The number of nitrogens with zero attached hydrogens (tertiary/aromatic N) is 5. The predicted octanol–water partition coefficient (Wildman–Crippen LogP) is 4.25. The summed E-state index contributed by atoms with van der Waals surface area (Å²) in [6.45, 7) is 10.5. The van der Waals surface area contributed by atoms with Crippen LogP contribution in [0.5, 0.6) is 5.88 Å². The highest BCUT2D eigenvalue weighted by Gasteiger charge is 2.48. The van der Waals surface area contributed by atoms with Crippen LogP contribution in [-0.2, 0) is 21.4 Å². The van der Waals surface area contributed by atoms with Gasteiger partial charge >= 0.3 is 5.97 Å². The maximum absolute atomic E-state index is 14.1. The molecule has 3 aliphatic rings. The summed E-state index contributed by atoms with van der Waals surface area (Å²) in [7, 11) is -3.96. The van der Waals surface area contributed by atoms with E-state index in [9.17, 15) is 18.3 Å². The van der Waals surface area contributed by atoms with E-state index in [0.29, 0.717) is 19.1 Å². The van der Waals surface area contributed by atoms with Crippen LogP contribution >= 0.6 is 0 Å². The molecule has 4 aromatic rings. The second-order valence-electron chi connectivity index (χ2n) is 13.5. The maximum atomic E-state index is 14.1. The SMILES string of the molecule is Cc1cnc2c(c1)S(=O)(=O)N(Cc1cc(C(c3ccc4c(nnn4C4CC4)c3C)C(C)(C)C(=O)O)ccc1C)CC1(CNC1)O2. The molecule has 0 radical (unpaired) electrons. The fourth-order valence-corrected chi connectivity index (χ4v) is 8.34. The van der Waals surface area contributed by atoms with Gasteiger partial charge in [0.25, 0.3) is 0 Å². The van der Waals surface area contributed by atoms with Crippen LogP contribution in [0.4, 0.5) is 0 Å². The molecule has 1 saturated heterocycles. The molecule has 2 fully saturated rings. The fourth-order valence-electron chi connectivity index (χ4n) is 6.70. The Labute approximate surface area is 262 Å². The molecule has 2 aromatic carbocycles. The van der Waals surface area contributed by atoms with Crippen LogP contribution in [0.15, 0.2) is 47.5 Å². The van der Waals surface area contributed by atoms with Gasteiger partial charge in [-0.1, -0.05) is 29.5 Å². The molecule has 4 heterocycles. The number of benzene rings is 2. The lowest BCUT2D eigenvalue weighted by Gasteiger charge is -2.42. The number of carbonyl (C=O) groups is 1. The molecule has 2 N–H and O–H groups in total. The minimum Gasteiger partial charge on any atom is -0.481 e. The first kappa shape index (κ1) is 29.8. The van der Waals surface area contributed by atoms with Gasteiger partial charge in [-0.15, -0.1) is 5.10 Å². The van der Waals surface area contributed by atoms with Crippen LogP contribution in [0.1, 0.15) is 72.0 Å². The highest BCUT2D eigenvalue weighted by molar-refractivity contribution is 7.89. The van der Waals surface area contributed by atoms with E-state index in [4.69, 9.17) is 4.74 Å². The monoisotopic (exact) mass is 630 g/mol. The van der Waals surface area contributed by atoms with Gasteiger partial charge in [-0.2, -0.15) is 4.31 Å². The van der Waals surface area contributed by atoms with Gasteiger partial charge in [-0.25, -0.2) is 18.1 Å². The number of sulfonamides is 1. The summed E-state index contributed by atoms with van der Waals surface area (Å²) in [6, 6.07) is 11.9. The Balaban J connectivity index is 1.32. The number of nitrogens with one attached hydrogen (secondary N) is 1. The van der Waals surface area contributed by atoms with Crippen molar-refractivity contribution in [1.29, 1.82) is 0 Å². The van der Waals surface area contributed by atoms with Crippen molar-refractivity contribution >= 4 is 27.0 Å². The van der Waals surface area contributed by atoms with Crippen molar-refractivity contribution < 1.29 is 23.1 Å². The second-order valence-corrected chi connectivity index (χ2v) is 15.4. The zero-order chi connectivity index (χ0) is 31.9. The van der Waals surface area contributed by atoms with Gasteiger partial charge in [0.15, 0.2) is 0 Å². The van der Waals surface area contributed by atoms with Gasteiger partial charge in [-0.3, -0.25) is 4.79 Å². The van der Waals surface area contributed by atoms with Crippen LogP contribution in [0.3, 0.4) is 0 Å². The molecule has 45 heavy (non-hydrogen) atoms. The maximum Gasteiger partial charge on any atom is 0.310 e. The van der Waals surface area contributed by atoms with E-state index in [0.717, 1.165) is 57.3 Å². The second kappa shape index (κ2) is 10.3. The third-order valence-electron chi connectivity index (χ3n) is 9.71. The number of pyridine rings is 1. The molecule has 1 spiro atoms. The molecule has 1 aliphatic carbocycles. The standard InChI is InChI=1S/C33H38N6O5S/c1-19-12-27-30(35-14-19)44-33(16-34-17-33)18-38(45(27,42)43)15-23-13-22(7-6-20(23)2)28(32(4,5)31(40)41)25-10-11-26-29(21(25)3)36-37-39(26)24-8-9-24/h6-7,10-14,24,28,34H,8-9,15-18H2,1-5H3,(H,40,41). The van der Waals surface area contributed by atoms with E-state index in [-0.39, 0.29) is 23.9 Å². The first-order chi connectivity index (χ1) is 21.3. The molecule has 11 nitrogen and oxygen atoms in total. The summed E-state index contributed by atoms with van der Waals surface area (Å²) >= 11 is 0. The summed E-state index contributed by atoms with van der Waals surface area (Å²) in [5, 5.41) is 22.6.